The van der Waals surface area contributed by atoms with Crippen molar-refractivity contribution in [3.63, 3.8) is 0 Å². The first-order chi connectivity index (χ1) is 10.8. The zero-order valence-electron chi connectivity index (χ0n) is 13.9. The maximum absolute atomic E-state index is 13.1. The highest BCUT2D eigenvalue weighted by molar-refractivity contribution is 9.10. The van der Waals surface area contributed by atoms with E-state index < -0.39 is 8.07 Å². The third-order valence-electron chi connectivity index (χ3n) is 3.39. The quantitative estimate of drug-likeness (QED) is 0.339. The summed E-state index contributed by atoms with van der Waals surface area (Å²) in [5, 5.41) is 0.879. The molecular formula is C16H22BrFN2OSSi. The highest BCUT2D eigenvalue weighted by Crippen LogP contribution is 2.32. The Morgan fingerprint density at radius 1 is 1.26 bits per heavy atom. The van der Waals surface area contributed by atoms with E-state index in [9.17, 15) is 4.39 Å². The Morgan fingerprint density at radius 3 is 2.48 bits per heavy atom. The number of hydrogen-bond donors (Lipinski definition) is 0. The number of halogens is 2. The van der Waals surface area contributed by atoms with Gasteiger partial charge in [0.05, 0.1) is 0 Å². The molecule has 0 fully saturated rings. The monoisotopic (exact) mass is 416 g/mol. The summed E-state index contributed by atoms with van der Waals surface area (Å²) in [5.74, 6) is -0.246. The fourth-order valence-electron chi connectivity index (χ4n) is 2.01. The second kappa shape index (κ2) is 7.96. The molecule has 0 unspecified atom stereocenters. The molecule has 1 heterocycles. The molecule has 7 heteroatoms. The summed E-state index contributed by atoms with van der Waals surface area (Å²) >= 11 is 5.18. The Labute approximate surface area is 150 Å². The van der Waals surface area contributed by atoms with Gasteiger partial charge < -0.3 is 4.74 Å². The minimum Gasteiger partial charge on any atom is -0.361 e. The average Bonchev–Trinajstić information content (AvgIpc) is 2.80. The third kappa shape index (κ3) is 5.17. The van der Waals surface area contributed by atoms with Crippen molar-refractivity contribution in [2.24, 2.45) is 0 Å². The fourth-order valence-corrected chi connectivity index (χ4v) is 4.02. The summed E-state index contributed by atoms with van der Waals surface area (Å²) in [6.07, 6.45) is 1.99. The van der Waals surface area contributed by atoms with Crippen LogP contribution in [-0.2, 0) is 11.5 Å². The molecule has 2 rings (SSSR count). The average molecular weight is 417 g/mol. The molecule has 0 bridgehead atoms. The van der Waals surface area contributed by atoms with E-state index in [1.54, 1.807) is 23.9 Å². The maximum Gasteiger partial charge on any atom is 0.171 e. The molecule has 0 aliphatic rings. The van der Waals surface area contributed by atoms with Gasteiger partial charge in [0.2, 0.25) is 0 Å². The molecule has 0 spiro atoms. The van der Waals surface area contributed by atoms with Crippen LogP contribution in [0.3, 0.4) is 0 Å². The Kier molecular flexibility index (Phi) is 6.47. The van der Waals surface area contributed by atoms with Crippen molar-refractivity contribution >= 4 is 35.8 Å². The van der Waals surface area contributed by atoms with Crippen molar-refractivity contribution in [3.05, 3.63) is 34.7 Å². The van der Waals surface area contributed by atoms with Crippen molar-refractivity contribution in [1.29, 1.82) is 0 Å². The van der Waals surface area contributed by atoms with Gasteiger partial charge in [-0.25, -0.2) is 9.37 Å². The molecule has 3 nitrogen and oxygen atoms in total. The van der Waals surface area contributed by atoms with E-state index in [1.807, 2.05) is 10.8 Å². The second-order valence-electron chi connectivity index (χ2n) is 6.52. The van der Waals surface area contributed by atoms with Crippen LogP contribution in [0.2, 0.25) is 25.7 Å². The maximum atomic E-state index is 13.1. The molecule has 0 radical (unpaired) electrons. The van der Waals surface area contributed by atoms with E-state index in [0.717, 1.165) is 33.7 Å². The zero-order valence-corrected chi connectivity index (χ0v) is 17.3. The molecule has 0 N–H and O–H groups in total. The van der Waals surface area contributed by atoms with Gasteiger partial charge >= 0.3 is 0 Å². The van der Waals surface area contributed by atoms with Crippen LogP contribution >= 0.6 is 27.7 Å². The fraction of sp³-hybridized carbons (Fsp3) is 0.438. The standard InChI is InChI=1S/C16H22BrFN2OSSi/c1-22-16-19-14(12-5-7-13(18)8-6-12)15(17)20(16)11-21-9-10-23(2,3)4/h5-8H,9-11H2,1-4H3. The summed E-state index contributed by atoms with van der Waals surface area (Å²) in [7, 11) is -1.09. The van der Waals surface area contributed by atoms with E-state index in [4.69, 9.17) is 4.74 Å². The molecule has 1 aromatic carbocycles. The van der Waals surface area contributed by atoms with Crippen LogP contribution in [0, 0.1) is 5.82 Å². The van der Waals surface area contributed by atoms with E-state index in [2.05, 4.69) is 40.6 Å². The Bertz CT molecular complexity index is 655. The molecule has 126 valence electrons. The van der Waals surface area contributed by atoms with Gasteiger partial charge in [-0.1, -0.05) is 31.4 Å². The lowest BCUT2D eigenvalue weighted by molar-refractivity contribution is 0.0799. The van der Waals surface area contributed by atoms with E-state index >= 15 is 0 Å². The van der Waals surface area contributed by atoms with Gasteiger partial charge in [0, 0.05) is 20.2 Å². The van der Waals surface area contributed by atoms with Crippen molar-refractivity contribution in [2.75, 3.05) is 12.9 Å². The van der Waals surface area contributed by atoms with Crippen molar-refractivity contribution in [2.45, 2.75) is 37.6 Å². The van der Waals surface area contributed by atoms with Gasteiger partial charge in [-0.05, 0) is 52.5 Å². The lowest BCUT2D eigenvalue weighted by atomic mass is 10.2. The molecule has 0 atom stereocenters. The Hall–Kier alpha value is -0.633. The number of rotatable bonds is 7. The van der Waals surface area contributed by atoms with Crippen LogP contribution in [0.5, 0.6) is 0 Å². The summed E-state index contributed by atoms with van der Waals surface area (Å²) < 4.78 is 21.8. The molecule has 1 aromatic heterocycles. The van der Waals surface area contributed by atoms with Crippen LogP contribution in [0.25, 0.3) is 11.3 Å². The summed E-state index contributed by atoms with van der Waals surface area (Å²) in [5.41, 5.74) is 1.69. The molecule has 0 amide bonds. The van der Waals surface area contributed by atoms with Gasteiger partial charge in [0.15, 0.2) is 5.16 Å². The van der Waals surface area contributed by atoms with Gasteiger partial charge in [0.1, 0.15) is 22.8 Å². The largest absolute Gasteiger partial charge is 0.361 e. The first-order valence-corrected chi connectivity index (χ1v) is 13.2. The van der Waals surface area contributed by atoms with Crippen molar-refractivity contribution < 1.29 is 9.13 Å². The van der Waals surface area contributed by atoms with Gasteiger partial charge in [-0.2, -0.15) is 0 Å². The number of hydrogen-bond acceptors (Lipinski definition) is 3. The van der Waals surface area contributed by atoms with Crippen LogP contribution in [0.1, 0.15) is 0 Å². The normalized spacial score (nSPS) is 11.9. The smallest absolute Gasteiger partial charge is 0.171 e. The number of nitrogens with zero attached hydrogens (tertiary/aromatic N) is 2. The minimum atomic E-state index is -1.09. The number of thioether (sulfide) groups is 1. The van der Waals surface area contributed by atoms with E-state index in [0.29, 0.717) is 6.73 Å². The van der Waals surface area contributed by atoms with Crippen molar-refractivity contribution in [1.82, 2.24) is 9.55 Å². The molecule has 0 aliphatic carbocycles. The van der Waals surface area contributed by atoms with E-state index in [1.165, 1.54) is 12.1 Å². The van der Waals surface area contributed by atoms with Crippen molar-refractivity contribution in [3.8, 4) is 11.3 Å². The predicted octanol–water partition coefficient (Wildman–Crippen LogP) is 5.49. The number of imidazole rings is 1. The summed E-state index contributed by atoms with van der Waals surface area (Å²) in [6, 6.07) is 7.51. The molecule has 23 heavy (non-hydrogen) atoms. The van der Waals surface area contributed by atoms with Crippen LogP contribution in [-0.4, -0.2) is 30.5 Å². The van der Waals surface area contributed by atoms with E-state index in [-0.39, 0.29) is 5.82 Å². The summed E-state index contributed by atoms with van der Waals surface area (Å²) in [4.78, 5) is 4.64. The first kappa shape index (κ1) is 18.7. The van der Waals surface area contributed by atoms with Gasteiger partial charge in [0.25, 0.3) is 0 Å². The second-order valence-corrected chi connectivity index (χ2v) is 13.7. The number of aromatic nitrogens is 2. The van der Waals surface area contributed by atoms with Crippen LogP contribution in [0.4, 0.5) is 4.39 Å². The lowest BCUT2D eigenvalue weighted by Crippen LogP contribution is -2.22. The lowest BCUT2D eigenvalue weighted by Gasteiger charge is -2.16. The molecule has 0 aliphatic heterocycles. The Balaban J connectivity index is 2.15. The summed E-state index contributed by atoms with van der Waals surface area (Å²) in [6.45, 7) is 8.24. The highest BCUT2D eigenvalue weighted by Gasteiger charge is 2.17. The predicted molar refractivity (Wildman–Crippen MR) is 101 cm³/mol. The van der Waals surface area contributed by atoms with Gasteiger partial charge in [-0.15, -0.1) is 0 Å². The minimum absolute atomic E-state index is 0.246. The molecule has 0 saturated heterocycles. The van der Waals surface area contributed by atoms with Gasteiger partial charge in [-0.3, -0.25) is 4.57 Å². The SMILES string of the molecule is CSc1nc(-c2ccc(F)cc2)c(Br)n1COCC[Si](C)(C)C. The first-order valence-electron chi connectivity index (χ1n) is 7.45. The Morgan fingerprint density at radius 2 is 1.91 bits per heavy atom. The molecule has 2 aromatic rings. The highest BCUT2D eigenvalue weighted by atomic mass is 79.9. The number of benzene rings is 1. The topological polar surface area (TPSA) is 27.1 Å². The van der Waals surface area contributed by atoms with Crippen LogP contribution < -0.4 is 0 Å². The molecule has 0 saturated carbocycles. The third-order valence-corrected chi connectivity index (χ3v) is 6.57. The van der Waals surface area contributed by atoms with Crippen LogP contribution in [0.15, 0.2) is 34.0 Å². The zero-order chi connectivity index (χ0) is 17.0. The molecular weight excluding hydrogens is 395 g/mol. The number of ether oxygens (including phenoxy) is 1.